The van der Waals surface area contributed by atoms with E-state index in [1.807, 2.05) is 0 Å². The van der Waals surface area contributed by atoms with Gasteiger partial charge in [-0.2, -0.15) is 0 Å². The van der Waals surface area contributed by atoms with Gasteiger partial charge >= 0.3 is 5.97 Å². The summed E-state index contributed by atoms with van der Waals surface area (Å²) in [5.41, 5.74) is 0.195. The van der Waals surface area contributed by atoms with Crippen LogP contribution in [0.25, 0.3) is 0 Å². The van der Waals surface area contributed by atoms with Crippen molar-refractivity contribution in [3.8, 4) is 0 Å². The van der Waals surface area contributed by atoms with Gasteiger partial charge in [-0.05, 0) is 30.7 Å². The van der Waals surface area contributed by atoms with E-state index in [-0.39, 0.29) is 21.3 Å². The Labute approximate surface area is 147 Å². The van der Waals surface area contributed by atoms with Gasteiger partial charge in [-0.15, -0.1) is 11.3 Å². The van der Waals surface area contributed by atoms with Gasteiger partial charge in [-0.1, -0.05) is 12.1 Å². The minimum absolute atomic E-state index is 0.0579. The van der Waals surface area contributed by atoms with Crippen LogP contribution in [-0.4, -0.2) is 47.4 Å². The van der Waals surface area contributed by atoms with Crippen LogP contribution in [0, 0.1) is 5.82 Å². The molecule has 1 aliphatic heterocycles. The third-order valence-corrected chi connectivity index (χ3v) is 5.20. The fourth-order valence-corrected chi connectivity index (χ4v) is 3.64. The van der Waals surface area contributed by atoms with Crippen LogP contribution in [0.4, 0.5) is 10.1 Å². The SMILES string of the molecule is CN(C(=O)c1ccc(C(=O)O)s1)[C@@H]1CCN(c2ccccc2F)C1=O. The molecule has 0 bridgehead atoms. The maximum atomic E-state index is 13.9. The average molecular weight is 362 g/mol. The molecule has 2 heterocycles. The van der Waals surface area contributed by atoms with Gasteiger partial charge in [0.05, 0.1) is 10.6 Å². The average Bonchev–Trinajstić information content (AvgIpc) is 3.21. The molecular formula is C17H15FN2O4S. The Morgan fingerprint density at radius 3 is 2.56 bits per heavy atom. The van der Waals surface area contributed by atoms with Crippen molar-refractivity contribution in [3.63, 3.8) is 0 Å². The van der Waals surface area contributed by atoms with Gasteiger partial charge in [-0.25, -0.2) is 9.18 Å². The lowest BCUT2D eigenvalue weighted by atomic mass is 10.2. The van der Waals surface area contributed by atoms with Gasteiger partial charge in [0.15, 0.2) is 0 Å². The first-order valence-electron chi connectivity index (χ1n) is 7.56. The van der Waals surface area contributed by atoms with E-state index in [0.717, 1.165) is 11.3 Å². The van der Waals surface area contributed by atoms with Gasteiger partial charge in [0.2, 0.25) is 5.91 Å². The first-order chi connectivity index (χ1) is 11.9. The molecule has 1 fully saturated rings. The molecule has 1 aliphatic rings. The molecule has 1 aromatic heterocycles. The summed E-state index contributed by atoms with van der Waals surface area (Å²) in [6.45, 7) is 0.312. The van der Waals surface area contributed by atoms with Crippen LogP contribution in [0.1, 0.15) is 25.8 Å². The lowest BCUT2D eigenvalue weighted by Gasteiger charge is -2.23. The molecule has 6 nitrogen and oxygen atoms in total. The van der Waals surface area contributed by atoms with E-state index < -0.39 is 23.7 Å². The summed E-state index contributed by atoms with van der Waals surface area (Å²) < 4.78 is 13.9. The topological polar surface area (TPSA) is 77.9 Å². The molecule has 0 saturated carbocycles. The smallest absolute Gasteiger partial charge is 0.345 e. The maximum absolute atomic E-state index is 13.9. The largest absolute Gasteiger partial charge is 0.477 e. The van der Waals surface area contributed by atoms with Crippen molar-refractivity contribution < 1.29 is 23.9 Å². The molecule has 1 aromatic carbocycles. The second-order valence-electron chi connectivity index (χ2n) is 5.63. The standard InChI is InChI=1S/C17H15FN2O4S/c1-19(16(22)13-6-7-14(25-13)17(23)24)12-8-9-20(15(12)21)11-5-3-2-4-10(11)18/h2-7,12H,8-9H2,1H3,(H,23,24)/t12-/m1/s1. The van der Waals surface area contributed by atoms with Crippen LogP contribution in [0.2, 0.25) is 0 Å². The van der Waals surface area contributed by atoms with E-state index in [4.69, 9.17) is 5.11 Å². The maximum Gasteiger partial charge on any atom is 0.345 e. The Hall–Kier alpha value is -2.74. The molecule has 0 aliphatic carbocycles. The third-order valence-electron chi connectivity index (χ3n) is 4.14. The summed E-state index contributed by atoms with van der Waals surface area (Å²) in [6.07, 6.45) is 0.382. The molecule has 0 spiro atoms. The van der Waals surface area contributed by atoms with Gasteiger partial charge in [-0.3, -0.25) is 9.59 Å². The Balaban J connectivity index is 1.78. The zero-order chi connectivity index (χ0) is 18.1. The predicted octanol–water partition coefficient (Wildman–Crippen LogP) is 2.46. The Kier molecular flexibility index (Phi) is 4.54. The lowest BCUT2D eigenvalue weighted by Crippen LogP contribution is -2.42. The fourth-order valence-electron chi connectivity index (χ4n) is 2.82. The van der Waals surface area contributed by atoms with Gasteiger partial charge in [0.25, 0.3) is 5.91 Å². The van der Waals surface area contributed by atoms with Crippen LogP contribution >= 0.6 is 11.3 Å². The summed E-state index contributed by atoms with van der Waals surface area (Å²) in [6, 6.07) is 8.08. The van der Waals surface area contributed by atoms with Crippen LogP contribution in [0.15, 0.2) is 36.4 Å². The highest BCUT2D eigenvalue weighted by atomic mass is 32.1. The molecule has 1 saturated heterocycles. The highest BCUT2D eigenvalue weighted by molar-refractivity contribution is 7.15. The molecule has 1 atom stereocenters. The van der Waals surface area contributed by atoms with Crippen LogP contribution in [0.3, 0.4) is 0 Å². The van der Waals surface area contributed by atoms with Crippen molar-refractivity contribution in [2.24, 2.45) is 0 Å². The number of carbonyl (C=O) groups is 3. The van der Waals surface area contributed by atoms with Crippen molar-refractivity contribution in [2.75, 3.05) is 18.5 Å². The molecule has 1 N–H and O–H groups in total. The van der Waals surface area contributed by atoms with Crippen molar-refractivity contribution in [3.05, 3.63) is 52.0 Å². The van der Waals surface area contributed by atoms with Crippen molar-refractivity contribution in [1.82, 2.24) is 4.90 Å². The van der Waals surface area contributed by atoms with Gasteiger partial charge in [0.1, 0.15) is 16.7 Å². The molecular weight excluding hydrogens is 347 g/mol. The van der Waals surface area contributed by atoms with Gasteiger partial charge in [0, 0.05) is 13.6 Å². The molecule has 25 heavy (non-hydrogen) atoms. The number of halogens is 1. The number of para-hydroxylation sites is 1. The molecule has 2 amide bonds. The first kappa shape index (κ1) is 17.1. The molecule has 130 valence electrons. The number of benzene rings is 1. The van der Waals surface area contributed by atoms with Crippen molar-refractivity contribution >= 4 is 34.8 Å². The molecule has 0 unspecified atom stereocenters. The molecule has 2 aromatic rings. The monoisotopic (exact) mass is 362 g/mol. The number of nitrogens with zero attached hydrogens (tertiary/aromatic N) is 2. The summed E-state index contributed by atoms with van der Waals surface area (Å²) in [7, 11) is 1.50. The van der Waals surface area contributed by atoms with Crippen molar-refractivity contribution in [1.29, 1.82) is 0 Å². The fraction of sp³-hybridized carbons (Fsp3) is 0.235. The normalized spacial score (nSPS) is 17.0. The zero-order valence-electron chi connectivity index (χ0n) is 13.3. The highest BCUT2D eigenvalue weighted by Gasteiger charge is 2.38. The Morgan fingerprint density at radius 1 is 1.24 bits per heavy atom. The number of carbonyl (C=O) groups excluding carboxylic acids is 2. The number of likely N-dealkylation sites (N-methyl/N-ethyl adjacent to an activating group) is 1. The van der Waals surface area contributed by atoms with Crippen LogP contribution < -0.4 is 4.90 Å². The summed E-state index contributed by atoms with van der Waals surface area (Å²) in [4.78, 5) is 39.0. The molecule has 0 radical (unpaired) electrons. The number of rotatable bonds is 4. The number of anilines is 1. The number of hydrogen-bond acceptors (Lipinski definition) is 4. The van der Waals surface area contributed by atoms with E-state index in [2.05, 4.69) is 0 Å². The number of carboxylic acids is 1. The quantitative estimate of drug-likeness (QED) is 0.906. The van der Waals surface area contributed by atoms with E-state index in [9.17, 15) is 18.8 Å². The van der Waals surface area contributed by atoms with Crippen LogP contribution in [0.5, 0.6) is 0 Å². The first-order valence-corrected chi connectivity index (χ1v) is 8.38. The number of aromatic carboxylic acids is 1. The molecule has 8 heteroatoms. The lowest BCUT2D eigenvalue weighted by molar-refractivity contribution is -0.120. The van der Waals surface area contributed by atoms with E-state index >= 15 is 0 Å². The molecule has 3 rings (SSSR count). The minimum Gasteiger partial charge on any atom is -0.477 e. The summed E-state index contributed by atoms with van der Waals surface area (Å²) in [5.74, 6) is -2.37. The Morgan fingerprint density at radius 2 is 1.92 bits per heavy atom. The summed E-state index contributed by atoms with van der Waals surface area (Å²) >= 11 is 0.861. The minimum atomic E-state index is -1.10. The Bertz CT molecular complexity index is 851. The van der Waals surface area contributed by atoms with Crippen LogP contribution in [-0.2, 0) is 4.79 Å². The highest BCUT2D eigenvalue weighted by Crippen LogP contribution is 2.27. The second-order valence-corrected chi connectivity index (χ2v) is 6.71. The zero-order valence-corrected chi connectivity index (χ0v) is 14.1. The number of hydrogen-bond donors (Lipinski definition) is 1. The van der Waals surface area contributed by atoms with E-state index in [0.29, 0.717) is 13.0 Å². The summed E-state index contributed by atoms with van der Waals surface area (Å²) in [5, 5.41) is 8.95. The number of thiophene rings is 1. The predicted molar refractivity (Wildman–Crippen MR) is 90.5 cm³/mol. The van der Waals surface area contributed by atoms with Crippen molar-refractivity contribution in [2.45, 2.75) is 12.5 Å². The number of amides is 2. The van der Waals surface area contributed by atoms with E-state index in [1.165, 1.54) is 41.1 Å². The number of carboxylic acid groups (broad SMARTS) is 1. The van der Waals surface area contributed by atoms with Gasteiger partial charge < -0.3 is 14.9 Å². The third kappa shape index (κ3) is 3.12. The second kappa shape index (κ2) is 6.64. The van der Waals surface area contributed by atoms with E-state index in [1.54, 1.807) is 12.1 Å².